The highest BCUT2D eigenvalue weighted by atomic mass is 35.5. The molecule has 1 aliphatic rings. The average molecular weight is 303 g/mol. The molecule has 0 unspecified atom stereocenters. The molecular formula is C12H11ClN8. The van der Waals surface area contributed by atoms with Crippen LogP contribution in [0.1, 0.15) is 24.2 Å². The van der Waals surface area contributed by atoms with Crippen LogP contribution in [-0.4, -0.2) is 39.3 Å². The quantitative estimate of drug-likeness (QED) is 0.706. The Morgan fingerprint density at radius 3 is 2.71 bits per heavy atom. The first-order chi connectivity index (χ1) is 10.3. The molecule has 0 aromatic carbocycles. The highest BCUT2D eigenvalue weighted by Crippen LogP contribution is 2.22. The number of imidazole rings is 1. The molecule has 0 N–H and O–H groups in total. The Balaban J connectivity index is 1.84. The molecule has 21 heavy (non-hydrogen) atoms. The monoisotopic (exact) mass is 302 g/mol. The molecule has 0 amide bonds. The number of fused-ring (bicyclic) bond motifs is 1. The first-order valence-electron chi connectivity index (χ1n) is 6.63. The maximum absolute atomic E-state index is 6.01. The van der Waals surface area contributed by atoms with E-state index in [1.807, 2.05) is 4.57 Å². The second-order valence-corrected chi connectivity index (χ2v) is 5.10. The number of nitrogens with zero attached hydrogens (tertiary/aromatic N) is 8. The number of aryl methyl sites for hydroxylation is 1. The van der Waals surface area contributed by atoms with E-state index in [1.165, 1.54) is 23.8 Å². The topological polar surface area (TPSA) is 87.2 Å². The fourth-order valence-corrected chi connectivity index (χ4v) is 2.64. The van der Waals surface area contributed by atoms with Crippen LogP contribution in [0.5, 0.6) is 0 Å². The molecule has 3 aromatic heterocycles. The van der Waals surface area contributed by atoms with Gasteiger partial charge in [0, 0.05) is 5.69 Å². The first kappa shape index (κ1) is 12.4. The second-order valence-electron chi connectivity index (χ2n) is 4.76. The fourth-order valence-electron chi connectivity index (χ4n) is 2.49. The molecule has 3 aromatic rings. The van der Waals surface area contributed by atoms with Gasteiger partial charge in [-0.15, -0.1) is 0 Å². The molecule has 0 atom stereocenters. The van der Waals surface area contributed by atoms with Crippen molar-refractivity contribution in [2.45, 2.75) is 25.7 Å². The lowest BCUT2D eigenvalue weighted by molar-refractivity contribution is 0.649. The van der Waals surface area contributed by atoms with Crippen LogP contribution in [0.25, 0.3) is 11.9 Å². The normalized spacial score (nSPS) is 14.1. The Bertz CT molecular complexity index is 779. The molecule has 0 spiro atoms. The SMILES string of the molecule is Clc1nc(-n2cncn2)nc(-n2cnc3c2CCCC3)n1. The van der Waals surface area contributed by atoms with E-state index in [1.54, 1.807) is 6.33 Å². The zero-order valence-electron chi connectivity index (χ0n) is 11.0. The number of aromatic nitrogens is 8. The number of rotatable bonds is 2. The maximum Gasteiger partial charge on any atom is 0.258 e. The molecule has 4 rings (SSSR count). The molecule has 3 heterocycles. The highest BCUT2D eigenvalue weighted by molar-refractivity contribution is 6.28. The van der Waals surface area contributed by atoms with Crippen molar-refractivity contribution in [3.05, 3.63) is 35.7 Å². The molecule has 8 nitrogen and oxygen atoms in total. The predicted octanol–water partition coefficient (Wildman–Crippen LogP) is 1.17. The average Bonchev–Trinajstić information content (AvgIpc) is 3.16. The lowest BCUT2D eigenvalue weighted by Crippen LogP contribution is -2.12. The third-order valence-corrected chi connectivity index (χ3v) is 3.62. The van der Waals surface area contributed by atoms with Crippen molar-refractivity contribution in [3.63, 3.8) is 0 Å². The second kappa shape index (κ2) is 4.88. The third kappa shape index (κ3) is 2.17. The Morgan fingerprint density at radius 1 is 1.00 bits per heavy atom. The van der Waals surface area contributed by atoms with E-state index >= 15 is 0 Å². The maximum atomic E-state index is 6.01. The zero-order chi connectivity index (χ0) is 14.2. The van der Waals surface area contributed by atoms with E-state index < -0.39 is 0 Å². The third-order valence-electron chi connectivity index (χ3n) is 3.45. The van der Waals surface area contributed by atoms with E-state index in [0.29, 0.717) is 11.9 Å². The van der Waals surface area contributed by atoms with Gasteiger partial charge in [0.15, 0.2) is 0 Å². The molecule has 0 saturated heterocycles. The zero-order valence-corrected chi connectivity index (χ0v) is 11.8. The van der Waals surface area contributed by atoms with Gasteiger partial charge < -0.3 is 0 Å². The lowest BCUT2D eigenvalue weighted by atomic mass is 10.0. The van der Waals surface area contributed by atoms with Crippen molar-refractivity contribution in [1.82, 2.24) is 39.3 Å². The van der Waals surface area contributed by atoms with Crippen LogP contribution in [0, 0.1) is 0 Å². The summed E-state index contributed by atoms with van der Waals surface area (Å²) >= 11 is 6.01. The molecular weight excluding hydrogens is 292 g/mol. The van der Waals surface area contributed by atoms with E-state index in [4.69, 9.17) is 11.6 Å². The molecule has 106 valence electrons. The van der Waals surface area contributed by atoms with E-state index in [9.17, 15) is 0 Å². The molecule has 1 aliphatic carbocycles. The van der Waals surface area contributed by atoms with Gasteiger partial charge in [0.05, 0.1) is 5.69 Å². The van der Waals surface area contributed by atoms with Gasteiger partial charge in [-0.25, -0.2) is 9.97 Å². The minimum Gasteiger partial charge on any atom is -0.271 e. The van der Waals surface area contributed by atoms with E-state index in [2.05, 4.69) is 30.0 Å². The summed E-state index contributed by atoms with van der Waals surface area (Å²) in [5, 5.41) is 4.12. The summed E-state index contributed by atoms with van der Waals surface area (Å²) < 4.78 is 3.32. The van der Waals surface area contributed by atoms with Crippen LogP contribution in [0.2, 0.25) is 5.28 Å². The van der Waals surface area contributed by atoms with Gasteiger partial charge in [-0.2, -0.15) is 24.7 Å². The summed E-state index contributed by atoms with van der Waals surface area (Å²) in [7, 11) is 0. The minimum absolute atomic E-state index is 0.115. The van der Waals surface area contributed by atoms with Crippen molar-refractivity contribution in [2.24, 2.45) is 0 Å². The van der Waals surface area contributed by atoms with Crippen molar-refractivity contribution in [1.29, 1.82) is 0 Å². The lowest BCUT2D eigenvalue weighted by Gasteiger charge is -2.13. The van der Waals surface area contributed by atoms with Crippen LogP contribution < -0.4 is 0 Å². The van der Waals surface area contributed by atoms with Crippen LogP contribution in [0.3, 0.4) is 0 Å². The largest absolute Gasteiger partial charge is 0.271 e. The number of halogens is 1. The fraction of sp³-hybridized carbons (Fsp3) is 0.333. The van der Waals surface area contributed by atoms with E-state index in [0.717, 1.165) is 30.7 Å². The highest BCUT2D eigenvalue weighted by Gasteiger charge is 2.18. The van der Waals surface area contributed by atoms with Gasteiger partial charge in [0.2, 0.25) is 11.2 Å². The minimum atomic E-state index is 0.115. The van der Waals surface area contributed by atoms with Gasteiger partial charge >= 0.3 is 0 Å². The molecule has 0 bridgehead atoms. The predicted molar refractivity (Wildman–Crippen MR) is 73.5 cm³/mol. The molecule has 0 radical (unpaired) electrons. The van der Waals surface area contributed by atoms with Gasteiger partial charge in [0.25, 0.3) is 5.95 Å². The van der Waals surface area contributed by atoms with Crippen LogP contribution in [-0.2, 0) is 12.8 Å². The van der Waals surface area contributed by atoms with Crippen LogP contribution >= 0.6 is 11.6 Å². The molecule has 0 saturated carbocycles. The summed E-state index contributed by atoms with van der Waals surface area (Å²) in [6.07, 6.45) is 8.95. The van der Waals surface area contributed by atoms with Crippen molar-refractivity contribution in [3.8, 4) is 11.9 Å². The standard InChI is InChI=1S/C12H11ClN8/c13-10-17-11(19-12(18-10)21-6-14-5-16-21)20-7-15-8-3-1-2-4-9(8)20/h5-7H,1-4H2. The molecule has 0 aliphatic heterocycles. The number of hydrogen-bond donors (Lipinski definition) is 0. The van der Waals surface area contributed by atoms with E-state index in [-0.39, 0.29) is 5.28 Å². The van der Waals surface area contributed by atoms with Gasteiger partial charge in [-0.05, 0) is 37.3 Å². The Morgan fingerprint density at radius 2 is 1.86 bits per heavy atom. The van der Waals surface area contributed by atoms with Gasteiger partial charge in [0.1, 0.15) is 19.0 Å². The number of hydrogen-bond acceptors (Lipinski definition) is 6. The van der Waals surface area contributed by atoms with Crippen molar-refractivity contribution in [2.75, 3.05) is 0 Å². The van der Waals surface area contributed by atoms with Crippen LogP contribution in [0.15, 0.2) is 19.0 Å². The van der Waals surface area contributed by atoms with Gasteiger partial charge in [-0.1, -0.05) is 0 Å². The summed E-state index contributed by atoms with van der Waals surface area (Å²) in [6.45, 7) is 0. The molecule has 9 heteroatoms. The summed E-state index contributed by atoms with van der Waals surface area (Å²) in [4.78, 5) is 21.0. The van der Waals surface area contributed by atoms with Crippen molar-refractivity contribution < 1.29 is 0 Å². The Hall–Kier alpha value is -2.35. The van der Waals surface area contributed by atoms with Crippen molar-refractivity contribution >= 4 is 11.6 Å². The van der Waals surface area contributed by atoms with Crippen LogP contribution in [0.4, 0.5) is 0 Å². The van der Waals surface area contributed by atoms with Gasteiger partial charge in [-0.3, -0.25) is 4.57 Å². The summed E-state index contributed by atoms with van der Waals surface area (Å²) in [5.41, 5.74) is 2.26. The summed E-state index contributed by atoms with van der Waals surface area (Å²) in [6, 6.07) is 0. The summed E-state index contributed by atoms with van der Waals surface area (Å²) in [5.74, 6) is 0.789. The Kier molecular flexibility index (Phi) is 2.88. The molecule has 0 fully saturated rings. The smallest absolute Gasteiger partial charge is 0.258 e. The first-order valence-corrected chi connectivity index (χ1v) is 7.01. The Labute approximate surface area is 124 Å².